The van der Waals surface area contributed by atoms with Crippen molar-refractivity contribution in [2.24, 2.45) is 29.2 Å². The molecular formula is C33H40ClF3N6O5. The predicted molar refractivity (Wildman–Crippen MR) is 175 cm³/mol. The summed E-state index contributed by atoms with van der Waals surface area (Å²) in [6.45, 7) is 3.63. The second-order valence-corrected chi connectivity index (χ2v) is 13.1. The number of alkyl halides is 3. The first-order chi connectivity index (χ1) is 22.5. The van der Waals surface area contributed by atoms with E-state index in [0.29, 0.717) is 18.0 Å². The molecule has 5 atom stereocenters. The Bertz CT molecular complexity index is 1660. The summed E-state index contributed by atoms with van der Waals surface area (Å²) in [5.74, 6) is -4.51. The Morgan fingerprint density at radius 3 is 2.40 bits per heavy atom. The number of carbonyl (C=O) groups is 4. The summed E-state index contributed by atoms with van der Waals surface area (Å²) in [4.78, 5) is 57.9. The lowest BCUT2D eigenvalue weighted by atomic mass is 9.74. The van der Waals surface area contributed by atoms with E-state index >= 15 is 0 Å². The molecule has 0 saturated carbocycles. The molecule has 3 heterocycles. The maximum Gasteiger partial charge on any atom is 0.490 e. The number of primary amides is 2. The van der Waals surface area contributed by atoms with Gasteiger partial charge >= 0.3 is 18.2 Å². The van der Waals surface area contributed by atoms with Crippen molar-refractivity contribution in [1.82, 2.24) is 14.8 Å². The number of hydrogen-bond acceptors (Lipinski definition) is 5. The second-order valence-electron chi connectivity index (χ2n) is 12.7. The molecule has 2 aliphatic rings. The van der Waals surface area contributed by atoms with Crippen LogP contribution in [0.3, 0.4) is 0 Å². The number of para-hydroxylation sites is 1. The van der Waals surface area contributed by atoms with Gasteiger partial charge in [0, 0.05) is 59.4 Å². The second kappa shape index (κ2) is 14.9. The molecule has 1 aromatic heterocycles. The molecule has 5 rings (SSSR count). The predicted octanol–water partition coefficient (Wildman–Crippen LogP) is 4.59. The zero-order valence-electron chi connectivity index (χ0n) is 26.8. The highest BCUT2D eigenvalue weighted by Crippen LogP contribution is 2.41. The average Bonchev–Trinajstić information content (AvgIpc) is 3.44. The van der Waals surface area contributed by atoms with Crippen molar-refractivity contribution < 1.29 is 37.5 Å². The Balaban J connectivity index is 0.000000671. The maximum absolute atomic E-state index is 15.0. The Kier molecular flexibility index (Phi) is 11.3. The number of piperidine rings is 1. The molecule has 2 aromatic carbocycles. The lowest BCUT2D eigenvalue weighted by Gasteiger charge is -2.45. The number of aromatic amines is 1. The minimum atomic E-state index is -5.08. The molecule has 3 aromatic rings. The fourth-order valence-corrected chi connectivity index (χ4v) is 7.18. The lowest BCUT2D eigenvalue weighted by Crippen LogP contribution is -2.58. The number of fused-ring (bicyclic) bond motifs is 2. The molecule has 4 amide bonds. The van der Waals surface area contributed by atoms with Crippen molar-refractivity contribution in [2.75, 3.05) is 38.6 Å². The van der Waals surface area contributed by atoms with Gasteiger partial charge in [-0.3, -0.25) is 9.59 Å². The highest BCUT2D eigenvalue weighted by molar-refractivity contribution is 6.30. The first-order valence-corrected chi connectivity index (χ1v) is 15.8. The fraction of sp³-hybridized carbons (Fsp3) is 0.455. The third-order valence-corrected chi connectivity index (χ3v) is 9.33. The number of carbonyl (C=O) groups excluding carboxylic acids is 3. The zero-order valence-corrected chi connectivity index (χ0v) is 27.6. The number of aromatic nitrogens is 1. The summed E-state index contributed by atoms with van der Waals surface area (Å²) < 4.78 is 31.7. The number of benzene rings is 2. The number of halogens is 4. The fourth-order valence-electron chi connectivity index (χ4n) is 6.99. The molecule has 1 saturated heterocycles. The van der Waals surface area contributed by atoms with Crippen LogP contribution in [0.5, 0.6) is 0 Å². The minimum absolute atomic E-state index is 0.101. The van der Waals surface area contributed by atoms with Crippen LogP contribution >= 0.6 is 11.6 Å². The van der Waals surface area contributed by atoms with Crippen LogP contribution in [0.15, 0.2) is 48.7 Å². The number of H-pyrrole nitrogens is 1. The Hall–Kier alpha value is -4.30. The molecule has 260 valence electrons. The molecule has 11 nitrogen and oxygen atoms in total. The number of carboxylic acid groups (broad SMARTS) is 1. The number of amides is 4. The molecular weight excluding hydrogens is 653 g/mol. The molecule has 0 spiro atoms. The Labute approximate surface area is 281 Å². The Morgan fingerprint density at radius 2 is 1.79 bits per heavy atom. The van der Waals surface area contributed by atoms with Gasteiger partial charge in [0.1, 0.15) is 0 Å². The van der Waals surface area contributed by atoms with Crippen LogP contribution < -0.4 is 16.4 Å². The molecule has 0 bridgehead atoms. The Morgan fingerprint density at radius 1 is 1.12 bits per heavy atom. The van der Waals surface area contributed by atoms with Gasteiger partial charge in [-0.15, -0.1) is 0 Å². The summed E-state index contributed by atoms with van der Waals surface area (Å²) in [5.41, 5.74) is 15.5. The quantitative estimate of drug-likeness (QED) is 0.283. The highest BCUT2D eigenvalue weighted by Gasteiger charge is 2.46. The average molecular weight is 693 g/mol. The number of nitrogens with two attached hydrogens (primary N) is 2. The number of likely N-dealkylation sites (tertiary alicyclic amines) is 1. The standard InChI is InChI=1S/C31H39ClN6O3.C2HF3O2/c1-18(24-15-35-25-7-5-4-6-23(24)25)28(27-14-20(29(33)39)10-11-37(27)31(34)41)30(40)38-17-19(16-36(2)3)12-21-13-22(32)8-9-26(21)38;3-2(4,5)1(6)7/h4-9,13,15,18-20,27-28,35H,10-12,14,16-17H2,1-3H3,(H2,33,39)(H2,34,41);(H,6,7)/t18?,19-,20?,27?,28?;/m1./s1. The van der Waals surface area contributed by atoms with Gasteiger partial charge in [0.05, 0.1) is 5.92 Å². The normalized spacial score (nSPS) is 20.8. The zero-order chi connectivity index (χ0) is 35.5. The molecule has 48 heavy (non-hydrogen) atoms. The summed E-state index contributed by atoms with van der Waals surface area (Å²) in [7, 11) is 4.05. The SMILES string of the molecule is CC(c1c[nH]c2ccccc12)C(C(=O)N1C[C@@H](CN(C)C)Cc2cc(Cl)ccc21)C1CC(C(N)=O)CCN1C(N)=O.O=C(O)C(F)(F)F. The molecule has 6 N–H and O–H groups in total. The van der Waals surface area contributed by atoms with Crippen molar-refractivity contribution >= 4 is 52.0 Å². The van der Waals surface area contributed by atoms with Gasteiger partial charge in [-0.25, -0.2) is 9.59 Å². The lowest BCUT2D eigenvalue weighted by molar-refractivity contribution is -0.192. The van der Waals surface area contributed by atoms with E-state index in [1.807, 2.05) is 74.6 Å². The molecule has 0 aliphatic carbocycles. The molecule has 2 aliphatic heterocycles. The number of nitrogens with one attached hydrogen (secondary N) is 1. The van der Waals surface area contributed by atoms with Crippen LogP contribution in [0, 0.1) is 17.8 Å². The smallest absolute Gasteiger partial charge is 0.475 e. The number of hydrogen-bond donors (Lipinski definition) is 4. The van der Waals surface area contributed by atoms with Crippen LogP contribution in [-0.2, 0) is 20.8 Å². The number of nitrogens with zero attached hydrogens (tertiary/aromatic N) is 3. The molecule has 1 fully saturated rings. The molecule has 4 unspecified atom stereocenters. The molecule has 15 heteroatoms. The first-order valence-electron chi connectivity index (χ1n) is 15.5. The number of rotatable bonds is 7. The maximum atomic E-state index is 15.0. The van der Waals surface area contributed by atoms with Crippen molar-refractivity contribution in [2.45, 2.75) is 44.3 Å². The van der Waals surface area contributed by atoms with Gasteiger partial charge in [0.15, 0.2) is 0 Å². The van der Waals surface area contributed by atoms with Crippen LogP contribution in [-0.4, -0.2) is 89.7 Å². The van der Waals surface area contributed by atoms with Crippen molar-refractivity contribution in [3.05, 3.63) is 64.8 Å². The van der Waals surface area contributed by atoms with E-state index in [1.54, 1.807) is 4.90 Å². The van der Waals surface area contributed by atoms with Gasteiger partial charge in [0.2, 0.25) is 11.8 Å². The first kappa shape index (κ1) is 36.5. The van der Waals surface area contributed by atoms with Gasteiger partial charge < -0.3 is 36.3 Å². The summed E-state index contributed by atoms with van der Waals surface area (Å²) in [6, 6.07) is 12.4. The van der Waals surface area contributed by atoms with Crippen LogP contribution in [0.4, 0.5) is 23.7 Å². The van der Waals surface area contributed by atoms with E-state index in [9.17, 15) is 27.6 Å². The van der Waals surface area contributed by atoms with E-state index in [4.69, 9.17) is 33.0 Å². The number of anilines is 1. The van der Waals surface area contributed by atoms with Crippen LogP contribution in [0.25, 0.3) is 10.9 Å². The van der Waals surface area contributed by atoms with Crippen molar-refractivity contribution in [1.29, 1.82) is 0 Å². The van der Waals surface area contributed by atoms with Crippen LogP contribution in [0.1, 0.15) is 36.8 Å². The number of urea groups is 1. The topological polar surface area (TPSA) is 166 Å². The number of aliphatic carboxylic acids is 1. The van der Waals surface area contributed by atoms with E-state index < -0.39 is 42.0 Å². The van der Waals surface area contributed by atoms with Gasteiger partial charge in [0.25, 0.3) is 0 Å². The third-order valence-electron chi connectivity index (χ3n) is 9.09. The van der Waals surface area contributed by atoms with E-state index in [0.717, 1.165) is 40.7 Å². The van der Waals surface area contributed by atoms with E-state index in [-0.39, 0.29) is 30.7 Å². The van der Waals surface area contributed by atoms with Gasteiger partial charge in [-0.2, -0.15) is 13.2 Å². The summed E-state index contributed by atoms with van der Waals surface area (Å²) in [5, 5.41) is 8.77. The number of carboxylic acids is 1. The van der Waals surface area contributed by atoms with Crippen molar-refractivity contribution in [3.8, 4) is 0 Å². The van der Waals surface area contributed by atoms with Crippen molar-refractivity contribution in [3.63, 3.8) is 0 Å². The minimum Gasteiger partial charge on any atom is -0.475 e. The monoisotopic (exact) mass is 692 g/mol. The van der Waals surface area contributed by atoms with E-state index in [2.05, 4.69) is 9.88 Å². The molecule has 0 radical (unpaired) electrons. The summed E-state index contributed by atoms with van der Waals surface area (Å²) in [6.07, 6.45) is -1.63. The van der Waals surface area contributed by atoms with Gasteiger partial charge in [-0.1, -0.05) is 36.7 Å². The van der Waals surface area contributed by atoms with Gasteiger partial charge in [-0.05, 0) is 80.6 Å². The largest absolute Gasteiger partial charge is 0.490 e. The van der Waals surface area contributed by atoms with E-state index in [1.165, 1.54) is 0 Å². The third kappa shape index (κ3) is 8.21. The van der Waals surface area contributed by atoms with Crippen LogP contribution in [0.2, 0.25) is 5.02 Å². The summed E-state index contributed by atoms with van der Waals surface area (Å²) >= 11 is 6.40. The highest BCUT2D eigenvalue weighted by atomic mass is 35.5.